The summed E-state index contributed by atoms with van der Waals surface area (Å²) in [7, 11) is 5.07. The molecule has 0 aromatic heterocycles. The first-order valence-corrected chi connectivity index (χ1v) is 10.9. The molecular formula is C25H30N4O4. The van der Waals surface area contributed by atoms with Gasteiger partial charge in [0.15, 0.2) is 11.5 Å². The summed E-state index contributed by atoms with van der Waals surface area (Å²) >= 11 is 0. The molecule has 2 saturated heterocycles. The van der Waals surface area contributed by atoms with E-state index in [0.717, 1.165) is 23.2 Å². The molecule has 0 aliphatic carbocycles. The van der Waals surface area contributed by atoms with Gasteiger partial charge in [-0.25, -0.2) is 5.01 Å². The molecule has 0 N–H and O–H groups in total. The number of ether oxygens (including phenoxy) is 2. The number of likely N-dealkylation sites (N-methyl/N-ethyl adjacent to an activating group) is 1. The zero-order chi connectivity index (χ0) is 23.5. The van der Waals surface area contributed by atoms with Gasteiger partial charge in [0.05, 0.1) is 27.3 Å². The highest BCUT2D eigenvalue weighted by Gasteiger charge is 2.47. The Balaban J connectivity index is 1.63. The van der Waals surface area contributed by atoms with Gasteiger partial charge in [-0.3, -0.25) is 14.6 Å². The van der Waals surface area contributed by atoms with E-state index in [1.165, 1.54) is 0 Å². The van der Waals surface area contributed by atoms with Gasteiger partial charge in [-0.1, -0.05) is 43.0 Å². The first-order chi connectivity index (χ1) is 16.0. The van der Waals surface area contributed by atoms with Gasteiger partial charge in [-0.05, 0) is 29.7 Å². The molecule has 0 spiro atoms. The normalized spacial score (nSPS) is 21.1. The second-order valence-corrected chi connectivity index (χ2v) is 8.29. The molecule has 0 saturated carbocycles. The Bertz CT molecular complexity index is 1030. The molecule has 8 heteroatoms. The van der Waals surface area contributed by atoms with Crippen molar-refractivity contribution in [3.8, 4) is 11.5 Å². The smallest absolute Gasteiger partial charge is 0.250 e. The second-order valence-electron chi connectivity index (χ2n) is 8.29. The highest BCUT2D eigenvalue weighted by Crippen LogP contribution is 2.37. The van der Waals surface area contributed by atoms with Crippen LogP contribution in [-0.4, -0.2) is 79.2 Å². The molecule has 2 aromatic rings. The third-order valence-corrected chi connectivity index (χ3v) is 6.35. The van der Waals surface area contributed by atoms with E-state index in [2.05, 4.69) is 6.58 Å². The zero-order valence-electron chi connectivity index (χ0n) is 19.3. The molecule has 2 fully saturated rings. The van der Waals surface area contributed by atoms with Crippen LogP contribution in [-0.2, 0) is 16.0 Å². The van der Waals surface area contributed by atoms with E-state index in [0.29, 0.717) is 37.6 Å². The van der Waals surface area contributed by atoms with E-state index in [1.807, 2.05) is 70.4 Å². The van der Waals surface area contributed by atoms with Crippen LogP contribution in [0.1, 0.15) is 17.2 Å². The van der Waals surface area contributed by atoms with Crippen molar-refractivity contribution >= 4 is 12.3 Å². The number of nitrogens with zero attached hydrogens (tertiary/aromatic N) is 4. The van der Waals surface area contributed by atoms with E-state index < -0.39 is 6.04 Å². The molecule has 4 rings (SSSR count). The van der Waals surface area contributed by atoms with E-state index in [-0.39, 0.29) is 12.1 Å². The van der Waals surface area contributed by atoms with Crippen LogP contribution in [0, 0.1) is 0 Å². The number of carbonyl (C=O) groups excluding carboxylic acids is 2. The van der Waals surface area contributed by atoms with Gasteiger partial charge in [-0.2, -0.15) is 0 Å². The van der Waals surface area contributed by atoms with Crippen molar-refractivity contribution in [2.75, 3.05) is 40.9 Å². The molecule has 174 valence electrons. The fourth-order valence-electron chi connectivity index (χ4n) is 4.69. The third kappa shape index (κ3) is 4.26. The number of hydrazine groups is 1. The number of fused-ring (bicyclic) bond motifs is 1. The molecule has 0 radical (unpaired) electrons. The van der Waals surface area contributed by atoms with Gasteiger partial charge in [0, 0.05) is 19.3 Å². The van der Waals surface area contributed by atoms with Crippen LogP contribution in [0.3, 0.4) is 0 Å². The summed E-state index contributed by atoms with van der Waals surface area (Å²) in [6.45, 7) is 5.63. The van der Waals surface area contributed by atoms with E-state index >= 15 is 0 Å². The maximum absolute atomic E-state index is 13.7. The Morgan fingerprint density at radius 2 is 1.82 bits per heavy atom. The van der Waals surface area contributed by atoms with Crippen LogP contribution in [0.4, 0.5) is 0 Å². The number of methoxy groups -OCH3 is 2. The SMILES string of the molecule is C=C1CN(C)N(C=O)C2CN(CCc3ccc(OC)c(OC)c3)C(=O)[C@H](c3ccccc3)N12. The molecular weight excluding hydrogens is 420 g/mol. The summed E-state index contributed by atoms with van der Waals surface area (Å²) in [5.74, 6) is 1.33. The van der Waals surface area contributed by atoms with Gasteiger partial charge < -0.3 is 19.3 Å². The average Bonchev–Trinajstić information content (AvgIpc) is 2.83. The Kier molecular flexibility index (Phi) is 6.55. The molecule has 2 atom stereocenters. The van der Waals surface area contributed by atoms with Gasteiger partial charge >= 0.3 is 0 Å². The number of benzene rings is 2. The van der Waals surface area contributed by atoms with Gasteiger partial charge in [0.25, 0.3) is 0 Å². The standard InChI is InChI=1S/C25H30N4O4/c1-18-15-26(2)28(17-30)23-16-27(13-12-19-10-11-21(32-3)22(14-19)33-4)25(31)24(29(18)23)20-8-6-5-7-9-20/h5-11,14,17,23-24H,1,12-13,15-16H2,2-4H3/t23?,24-/m0/s1. The third-order valence-electron chi connectivity index (χ3n) is 6.35. The first-order valence-electron chi connectivity index (χ1n) is 10.9. The van der Waals surface area contributed by atoms with Crippen molar-refractivity contribution in [3.63, 3.8) is 0 Å². The topological polar surface area (TPSA) is 65.6 Å². The first kappa shape index (κ1) is 22.7. The molecule has 2 heterocycles. The lowest BCUT2D eigenvalue weighted by Gasteiger charge is -2.55. The van der Waals surface area contributed by atoms with Crippen LogP contribution >= 0.6 is 0 Å². The highest BCUT2D eigenvalue weighted by atomic mass is 16.5. The van der Waals surface area contributed by atoms with E-state index in [1.54, 1.807) is 19.2 Å². The molecule has 2 aliphatic rings. The number of rotatable bonds is 7. The maximum Gasteiger partial charge on any atom is 0.250 e. The predicted octanol–water partition coefficient (Wildman–Crippen LogP) is 2.29. The minimum Gasteiger partial charge on any atom is -0.493 e. The van der Waals surface area contributed by atoms with Gasteiger partial charge in [0.1, 0.15) is 12.2 Å². The average molecular weight is 451 g/mol. The summed E-state index contributed by atoms with van der Waals surface area (Å²) in [6, 6.07) is 14.9. The van der Waals surface area contributed by atoms with Crippen LogP contribution < -0.4 is 9.47 Å². The summed E-state index contributed by atoms with van der Waals surface area (Å²) in [5, 5.41) is 3.50. The minimum absolute atomic E-state index is 0.00878. The highest BCUT2D eigenvalue weighted by molar-refractivity contribution is 5.85. The number of hydrogen-bond donors (Lipinski definition) is 0. The lowest BCUT2D eigenvalue weighted by atomic mass is 9.97. The quantitative estimate of drug-likeness (QED) is 0.603. The number of hydrogen-bond acceptors (Lipinski definition) is 6. The minimum atomic E-state index is -0.529. The van der Waals surface area contributed by atoms with E-state index in [4.69, 9.17) is 9.47 Å². The Labute approximate surface area is 194 Å². The number of piperazine rings is 1. The monoisotopic (exact) mass is 450 g/mol. The summed E-state index contributed by atoms with van der Waals surface area (Å²) in [4.78, 5) is 29.5. The fourth-order valence-corrected chi connectivity index (χ4v) is 4.69. The molecule has 0 bridgehead atoms. The Morgan fingerprint density at radius 3 is 2.48 bits per heavy atom. The Hall–Kier alpha value is -3.52. The largest absolute Gasteiger partial charge is 0.493 e. The van der Waals surface area contributed by atoms with Crippen LogP contribution in [0.15, 0.2) is 60.8 Å². The zero-order valence-corrected chi connectivity index (χ0v) is 19.3. The van der Waals surface area contributed by atoms with Crippen molar-refractivity contribution in [1.82, 2.24) is 19.8 Å². The van der Waals surface area contributed by atoms with Crippen LogP contribution in [0.2, 0.25) is 0 Å². The molecule has 2 amide bonds. The van der Waals surface area contributed by atoms with Gasteiger partial charge in [-0.15, -0.1) is 0 Å². The number of carbonyl (C=O) groups is 2. The lowest BCUT2D eigenvalue weighted by Crippen LogP contribution is -2.69. The summed E-state index contributed by atoms with van der Waals surface area (Å²) in [6.07, 6.45) is 1.16. The van der Waals surface area contributed by atoms with Gasteiger partial charge in [0.2, 0.25) is 12.3 Å². The predicted molar refractivity (Wildman–Crippen MR) is 124 cm³/mol. The van der Waals surface area contributed by atoms with Crippen molar-refractivity contribution < 1.29 is 19.1 Å². The van der Waals surface area contributed by atoms with Crippen LogP contribution in [0.25, 0.3) is 0 Å². The Morgan fingerprint density at radius 1 is 1.09 bits per heavy atom. The van der Waals surface area contributed by atoms with Crippen molar-refractivity contribution in [3.05, 3.63) is 71.9 Å². The maximum atomic E-state index is 13.7. The van der Waals surface area contributed by atoms with Crippen LogP contribution in [0.5, 0.6) is 11.5 Å². The molecule has 33 heavy (non-hydrogen) atoms. The number of amides is 2. The fraction of sp³-hybridized carbons (Fsp3) is 0.360. The molecule has 1 unspecified atom stereocenters. The van der Waals surface area contributed by atoms with E-state index in [9.17, 15) is 9.59 Å². The van der Waals surface area contributed by atoms with Crippen molar-refractivity contribution in [1.29, 1.82) is 0 Å². The van der Waals surface area contributed by atoms with Crippen molar-refractivity contribution in [2.24, 2.45) is 0 Å². The summed E-state index contributed by atoms with van der Waals surface area (Å²) < 4.78 is 10.7. The summed E-state index contributed by atoms with van der Waals surface area (Å²) in [5.41, 5.74) is 2.75. The second kappa shape index (κ2) is 9.54. The van der Waals surface area contributed by atoms with Crippen molar-refractivity contribution in [2.45, 2.75) is 18.6 Å². The molecule has 8 nitrogen and oxygen atoms in total. The molecule has 2 aromatic carbocycles. The lowest BCUT2D eigenvalue weighted by molar-refractivity contribution is -0.180. The molecule has 2 aliphatic heterocycles.